The number of rotatable bonds is 6. The van der Waals surface area contributed by atoms with Gasteiger partial charge in [0.25, 0.3) is 10.0 Å². The first kappa shape index (κ1) is 15.2. The van der Waals surface area contributed by atoms with Crippen molar-refractivity contribution in [2.75, 3.05) is 0 Å². The molecule has 2 N–H and O–H groups in total. The number of aliphatic carboxylic acids is 1. The molecule has 1 rings (SSSR count). The highest BCUT2D eigenvalue weighted by Gasteiger charge is 2.28. The lowest BCUT2D eigenvalue weighted by atomic mass is 10.1. The van der Waals surface area contributed by atoms with Crippen LogP contribution in [0.25, 0.3) is 0 Å². The van der Waals surface area contributed by atoms with Crippen LogP contribution >= 0.6 is 0 Å². The monoisotopic (exact) mass is 286 g/mol. The van der Waals surface area contributed by atoms with Crippen molar-refractivity contribution in [3.63, 3.8) is 0 Å². The van der Waals surface area contributed by atoms with E-state index in [-0.39, 0.29) is 18.1 Å². The van der Waals surface area contributed by atoms with E-state index >= 15 is 0 Å². The number of sulfonamides is 1. The molecule has 0 unspecified atom stereocenters. The van der Waals surface area contributed by atoms with Crippen molar-refractivity contribution in [1.29, 1.82) is 5.26 Å². The predicted molar refractivity (Wildman–Crippen MR) is 64.6 cm³/mol. The molecule has 0 radical (unpaired) electrons. The minimum Gasteiger partial charge on any atom is -0.480 e. The smallest absolute Gasteiger partial charge is 0.321 e. The van der Waals surface area contributed by atoms with Gasteiger partial charge >= 0.3 is 5.97 Å². The molecule has 1 atom stereocenters. The van der Waals surface area contributed by atoms with Crippen LogP contribution in [0.2, 0.25) is 0 Å². The van der Waals surface area contributed by atoms with Gasteiger partial charge in [-0.15, -0.1) is 0 Å². The fourth-order valence-corrected chi connectivity index (χ4v) is 2.58. The molecule has 0 saturated heterocycles. The van der Waals surface area contributed by atoms with Crippen LogP contribution in [0.5, 0.6) is 0 Å². The van der Waals surface area contributed by atoms with E-state index in [9.17, 15) is 13.2 Å². The first-order valence-electron chi connectivity index (χ1n) is 5.51. The van der Waals surface area contributed by atoms with E-state index in [1.807, 2.05) is 4.72 Å². The van der Waals surface area contributed by atoms with Crippen LogP contribution in [0.1, 0.15) is 26.0 Å². The lowest BCUT2D eigenvalue weighted by Crippen LogP contribution is -2.41. The Balaban J connectivity index is 2.94. The molecule has 0 fully saturated rings. The maximum Gasteiger partial charge on any atom is 0.321 e. The quantitative estimate of drug-likeness (QED) is 0.802. The number of carboxylic acids is 1. The van der Waals surface area contributed by atoms with Crippen LogP contribution in [0.3, 0.4) is 0 Å². The van der Waals surface area contributed by atoms with Crippen molar-refractivity contribution in [2.24, 2.45) is 5.92 Å². The molecule has 104 valence electrons. The van der Waals surface area contributed by atoms with Gasteiger partial charge in [0.05, 0.1) is 0 Å². The standard InChI is InChI=1S/C11H14N2O5S/c1-7(2)5-9(11(14)15)13-19(16,17)10-4-3-8(6-12)18-10/h3-4,7,9,13H,5H2,1-2H3,(H,14,15)/t9-/m1/s1. The first-order chi connectivity index (χ1) is 8.76. The number of hydrogen-bond donors (Lipinski definition) is 2. The Labute approximate surface area is 110 Å². The van der Waals surface area contributed by atoms with Crippen LogP contribution in [-0.2, 0) is 14.8 Å². The van der Waals surface area contributed by atoms with Gasteiger partial charge in [-0.2, -0.15) is 9.98 Å². The van der Waals surface area contributed by atoms with Gasteiger partial charge in [-0.1, -0.05) is 13.8 Å². The van der Waals surface area contributed by atoms with E-state index in [2.05, 4.69) is 0 Å². The molecule has 0 aliphatic rings. The van der Waals surface area contributed by atoms with E-state index in [1.165, 1.54) is 6.07 Å². The number of nitrogens with zero attached hydrogens (tertiary/aromatic N) is 1. The molecule has 0 amide bonds. The van der Waals surface area contributed by atoms with Crippen LogP contribution in [0.15, 0.2) is 21.6 Å². The Morgan fingerprint density at radius 1 is 1.53 bits per heavy atom. The summed E-state index contributed by atoms with van der Waals surface area (Å²) in [6, 6.07) is 2.72. The fourth-order valence-electron chi connectivity index (χ4n) is 1.44. The lowest BCUT2D eigenvalue weighted by molar-refractivity contribution is -0.139. The van der Waals surface area contributed by atoms with E-state index in [0.717, 1.165) is 6.07 Å². The second kappa shape index (κ2) is 5.86. The summed E-state index contributed by atoms with van der Waals surface area (Å²) < 4.78 is 30.6. The van der Waals surface area contributed by atoms with Gasteiger partial charge < -0.3 is 9.52 Å². The summed E-state index contributed by atoms with van der Waals surface area (Å²) in [6.45, 7) is 3.57. The Morgan fingerprint density at radius 2 is 2.16 bits per heavy atom. The molecule has 0 bridgehead atoms. The van der Waals surface area contributed by atoms with Gasteiger partial charge in [0.15, 0.2) is 0 Å². The van der Waals surface area contributed by atoms with E-state index < -0.39 is 27.1 Å². The summed E-state index contributed by atoms with van der Waals surface area (Å²) >= 11 is 0. The Morgan fingerprint density at radius 3 is 2.58 bits per heavy atom. The largest absolute Gasteiger partial charge is 0.480 e. The summed E-state index contributed by atoms with van der Waals surface area (Å²) in [4.78, 5) is 11.0. The SMILES string of the molecule is CC(C)C[C@@H](NS(=O)(=O)c1ccc(C#N)o1)C(=O)O. The van der Waals surface area contributed by atoms with Crippen molar-refractivity contribution in [1.82, 2.24) is 4.72 Å². The predicted octanol–water partition coefficient (Wildman–Crippen LogP) is 0.929. The van der Waals surface area contributed by atoms with Crippen molar-refractivity contribution >= 4 is 16.0 Å². The summed E-state index contributed by atoms with van der Waals surface area (Å²) in [5.74, 6) is -1.41. The zero-order chi connectivity index (χ0) is 14.6. The number of hydrogen-bond acceptors (Lipinski definition) is 5. The summed E-state index contributed by atoms with van der Waals surface area (Å²) in [7, 11) is -4.09. The average Bonchev–Trinajstić information content (AvgIpc) is 2.76. The first-order valence-corrected chi connectivity index (χ1v) is 6.99. The third-order valence-corrected chi connectivity index (χ3v) is 3.60. The van der Waals surface area contributed by atoms with Crippen molar-refractivity contribution < 1.29 is 22.7 Å². The third-order valence-electron chi connectivity index (χ3n) is 2.26. The number of nitrogens with one attached hydrogen (secondary N) is 1. The Hall–Kier alpha value is -1.85. The van der Waals surface area contributed by atoms with Crippen LogP contribution in [-0.4, -0.2) is 25.5 Å². The van der Waals surface area contributed by atoms with Gasteiger partial charge in [0, 0.05) is 0 Å². The maximum atomic E-state index is 11.9. The molecule has 0 saturated carbocycles. The number of nitriles is 1. The van der Waals surface area contributed by atoms with Crippen molar-refractivity contribution in [3.8, 4) is 6.07 Å². The van der Waals surface area contributed by atoms with Crippen LogP contribution < -0.4 is 4.72 Å². The molecule has 1 aromatic heterocycles. The van der Waals surface area contributed by atoms with Crippen molar-refractivity contribution in [3.05, 3.63) is 17.9 Å². The van der Waals surface area contributed by atoms with E-state index in [1.54, 1.807) is 19.9 Å². The van der Waals surface area contributed by atoms with Gasteiger partial charge in [0.2, 0.25) is 10.9 Å². The van der Waals surface area contributed by atoms with E-state index in [4.69, 9.17) is 14.8 Å². The molecule has 0 spiro atoms. The van der Waals surface area contributed by atoms with Gasteiger partial charge in [-0.05, 0) is 24.5 Å². The van der Waals surface area contributed by atoms with Crippen LogP contribution in [0.4, 0.5) is 0 Å². The fraction of sp³-hybridized carbons (Fsp3) is 0.455. The second-order valence-electron chi connectivity index (χ2n) is 4.37. The van der Waals surface area contributed by atoms with Crippen LogP contribution in [0, 0.1) is 17.2 Å². The molecule has 0 aliphatic carbocycles. The highest BCUT2D eigenvalue weighted by atomic mass is 32.2. The highest BCUT2D eigenvalue weighted by molar-refractivity contribution is 7.89. The summed E-state index contributed by atoms with van der Waals surface area (Å²) in [6.07, 6.45) is 0.153. The second-order valence-corrected chi connectivity index (χ2v) is 6.02. The third kappa shape index (κ3) is 4.08. The molecule has 8 heteroatoms. The molecule has 0 aliphatic heterocycles. The summed E-state index contributed by atoms with van der Waals surface area (Å²) in [5, 5.41) is 17.1. The molecular formula is C11H14N2O5S. The lowest BCUT2D eigenvalue weighted by Gasteiger charge is -2.15. The van der Waals surface area contributed by atoms with Gasteiger partial charge in [-0.3, -0.25) is 4.79 Å². The Bertz CT molecular complexity index is 597. The maximum absolute atomic E-state index is 11.9. The number of carboxylic acid groups (broad SMARTS) is 1. The molecule has 19 heavy (non-hydrogen) atoms. The topological polar surface area (TPSA) is 120 Å². The molecule has 1 aromatic rings. The van der Waals surface area contributed by atoms with Gasteiger partial charge in [-0.25, -0.2) is 8.42 Å². The molecule has 0 aromatic carbocycles. The zero-order valence-electron chi connectivity index (χ0n) is 10.5. The molecule has 1 heterocycles. The minimum atomic E-state index is -4.09. The molecular weight excluding hydrogens is 272 g/mol. The molecule has 7 nitrogen and oxygen atoms in total. The highest BCUT2D eigenvalue weighted by Crippen LogP contribution is 2.15. The minimum absolute atomic E-state index is 0.00932. The number of carbonyl (C=O) groups is 1. The average molecular weight is 286 g/mol. The summed E-state index contributed by atoms with van der Waals surface area (Å²) in [5.41, 5.74) is 0. The normalized spacial score (nSPS) is 13.2. The number of furan rings is 1. The Kier molecular flexibility index (Phi) is 4.69. The van der Waals surface area contributed by atoms with Gasteiger partial charge in [0.1, 0.15) is 12.1 Å². The van der Waals surface area contributed by atoms with Crippen molar-refractivity contribution in [2.45, 2.75) is 31.4 Å². The zero-order valence-corrected chi connectivity index (χ0v) is 11.3. The van der Waals surface area contributed by atoms with E-state index in [0.29, 0.717) is 0 Å².